The fourth-order valence-electron chi connectivity index (χ4n) is 6.28. The van der Waals surface area contributed by atoms with E-state index >= 15 is 0 Å². The zero-order valence-corrected chi connectivity index (χ0v) is 24.5. The largest absolute Gasteiger partial charge is 0.471 e. The SMILES string of the molecule is CC1(C)CCC(CC(C#N)NC(O)C2C[Si]3(CCCC3)CN2C(=O)C(NC(=O)C(F)(F)F)C(C)(C)C)C(=O)N1. The molecule has 3 rings (SSSR count). The van der Waals surface area contributed by atoms with E-state index in [1.165, 1.54) is 4.90 Å². The highest BCUT2D eigenvalue weighted by Crippen LogP contribution is 2.42. The Morgan fingerprint density at radius 1 is 1.26 bits per heavy atom. The molecule has 1 spiro atoms. The van der Waals surface area contributed by atoms with Gasteiger partial charge in [0.25, 0.3) is 0 Å². The zero-order chi connectivity index (χ0) is 29.4. The van der Waals surface area contributed by atoms with Gasteiger partial charge in [0.05, 0.1) is 26.2 Å². The van der Waals surface area contributed by atoms with E-state index < -0.39 is 61.8 Å². The summed E-state index contributed by atoms with van der Waals surface area (Å²) in [7, 11) is -2.01. The van der Waals surface area contributed by atoms with Crippen LogP contribution in [0.2, 0.25) is 18.1 Å². The van der Waals surface area contributed by atoms with Crippen LogP contribution in [-0.4, -0.2) is 78.0 Å². The summed E-state index contributed by atoms with van der Waals surface area (Å²) in [5.41, 5.74) is -1.34. The van der Waals surface area contributed by atoms with Crippen molar-refractivity contribution in [1.29, 1.82) is 5.26 Å². The summed E-state index contributed by atoms with van der Waals surface area (Å²) in [6.45, 7) is 8.60. The third-order valence-electron chi connectivity index (χ3n) is 8.50. The van der Waals surface area contributed by atoms with Crippen LogP contribution in [0.5, 0.6) is 0 Å². The lowest BCUT2D eigenvalue weighted by molar-refractivity contribution is -0.176. The molecule has 3 aliphatic heterocycles. The molecule has 13 heteroatoms. The van der Waals surface area contributed by atoms with E-state index in [9.17, 15) is 37.9 Å². The molecule has 3 fully saturated rings. The molecule has 5 unspecified atom stereocenters. The van der Waals surface area contributed by atoms with Crippen LogP contribution in [0.3, 0.4) is 0 Å². The molecule has 3 heterocycles. The summed E-state index contributed by atoms with van der Waals surface area (Å²) in [5, 5.41) is 28.8. The van der Waals surface area contributed by atoms with Gasteiger partial charge in [-0.1, -0.05) is 45.7 Å². The van der Waals surface area contributed by atoms with Crippen molar-refractivity contribution >= 4 is 25.8 Å². The molecule has 0 bridgehead atoms. The van der Waals surface area contributed by atoms with Crippen molar-refractivity contribution in [3.63, 3.8) is 0 Å². The molecule has 3 amide bonds. The van der Waals surface area contributed by atoms with Crippen molar-refractivity contribution in [3.05, 3.63) is 0 Å². The third kappa shape index (κ3) is 7.52. The molecule has 0 radical (unpaired) electrons. The number of alkyl halides is 3. The van der Waals surface area contributed by atoms with Gasteiger partial charge >= 0.3 is 12.1 Å². The van der Waals surface area contributed by atoms with E-state index in [1.807, 2.05) is 19.2 Å². The Balaban J connectivity index is 1.80. The number of aliphatic hydroxyl groups excluding tert-OH is 1. The summed E-state index contributed by atoms with van der Waals surface area (Å²) < 4.78 is 39.3. The van der Waals surface area contributed by atoms with E-state index in [1.54, 1.807) is 20.8 Å². The average molecular weight is 574 g/mol. The normalized spacial score (nSPS) is 27.0. The number of carbonyl (C=O) groups excluding carboxylic acids is 3. The standard InChI is InChI=1S/C26H42F3N5O4Si/c1-24(2,3)19(32-23(38)26(27,28)29)22(37)34-15-39(10-6-7-11-39)14-18(34)21(36)31-17(13-30)12-16-8-9-25(4,5)33-20(16)35/h16-19,21,31,36H,6-12,14-15H2,1-5H3,(H,32,38)(H,33,35). The Morgan fingerprint density at radius 3 is 2.38 bits per heavy atom. The van der Waals surface area contributed by atoms with Crippen LogP contribution < -0.4 is 16.0 Å². The van der Waals surface area contributed by atoms with Gasteiger partial charge in [-0.2, -0.15) is 18.4 Å². The second-order valence-electron chi connectivity index (χ2n) is 13.4. The molecule has 0 aromatic heterocycles. The molecule has 3 aliphatic rings. The van der Waals surface area contributed by atoms with Crippen molar-refractivity contribution in [1.82, 2.24) is 20.9 Å². The Bertz CT molecular complexity index is 988. The molecule has 4 N–H and O–H groups in total. The predicted molar refractivity (Wildman–Crippen MR) is 140 cm³/mol. The Labute approximate surface area is 229 Å². The number of halogens is 3. The lowest BCUT2D eigenvalue weighted by Gasteiger charge is -2.38. The molecule has 9 nitrogen and oxygen atoms in total. The minimum atomic E-state index is -5.14. The lowest BCUT2D eigenvalue weighted by Crippen LogP contribution is -2.60. The first-order chi connectivity index (χ1) is 17.9. The number of nitrogens with zero attached hydrogens (tertiary/aromatic N) is 2. The molecule has 5 atom stereocenters. The molecular formula is C26H42F3N5O4Si. The molecular weight excluding hydrogens is 531 g/mol. The number of carbonyl (C=O) groups is 3. The highest BCUT2D eigenvalue weighted by Gasteiger charge is 2.54. The summed E-state index contributed by atoms with van der Waals surface area (Å²) >= 11 is 0. The van der Waals surface area contributed by atoms with Crippen molar-refractivity contribution in [3.8, 4) is 6.07 Å². The van der Waals surface area contributed by atoms with Crippen LogP contribution >= 0.6 is 0 Å². The Hall–Kier alpha value is -2.17. The van der Waals surface area contributed by atoms with Crippen LogP contribution in [0.1, 0.15) is 66.7 Å². The number of hydrogen-bond acceptors (Lipinski definition) is 6. The van der Waals surface area contributed by atoms with Crippen molar-refractivity contribution < 1.29 is 32.7 Å². The zero-order valence-electron chi connectivity index (χ0n) is 23.5. The van der Waals surface area contributed by atoms with Gasteiger partial charge in [0.1, 0.15) is 12.3 Å². The van der Waals surface area contributed by atoms with Crippen LogP contribution in [0.25, 0.3) is 0 Å². The third-order valence-corrected chi connectivity index (χ3v) is 13.6. The number of rotatable bonds is 7. The minimum absolute atomic E-state index is 0.147. The lowest BCUT2D eigenvalue weighted by atomic mass is 9.83. The van der Waals surface area contributed by atoms with Gasteiger partial charge in [-0.3, -0.25) is 19.7 Å². The van der Waals surface area contributed by atoms with Gasteiger partial charge in [0.2, 0.25) is 11.8 Å². The second-order valence-corrected chi connectivity index (χ2v) is 18.1. The molecule has 0 aromatic carbocycles. The number of nitriles is 1. The number of nitrogens with one attached hydrogen (secondary N) is 3. The first kappa shape index (κ1) is 31.4. The van der Waals surface area contributed by atoms with Gasteiger partial charge < -0.3 is 20.6 Å². The van der Waals surface area contributed by atoms with Gasteiger partial charge in [-0.05, 0) is 44.6 Å². The van der Waals surface area contributed by atoms with E-state index in [0.717, 1.165) is 31.4 Å². The van der Waals surface area contributed by atoms with Crippen molar-refractivity contribution in [2.75, 3.05) is 6.17 Å². The number of aliphatic hydroxyl groups is 1. The Kier molecular flexibility index (Phi) is 9.14. The molecule has 0 saturated carbocycles. The maximum atomic E-state index is 13.8. The topological polar surface area (TPSA) is 135 Å². The van der Waals surface area contributed by atoms with Crippen LogP contribution in [0.15, 0.2) is 0 Å². The van der Waals surface area contributed by atoms with Gasteiger partial charge in [0.15, 0.2) is 0 Å². The fraction of sp³-hybridized carbons (Fsp3) is 0.846. The second kappa shape index (κ2) is 11.4. The molecule has 0 aromatic rings. The predicted octanol–water partition coefficient (Wildman–Crippen LogP) is 2.57. The Morgan fingerprint density at radius 2 is 1.87 bits per heavy atom. The number of piperidine rings is 1. The van der Waals surface area contributed by atoms with Crippen molar-refractivity contribution in [2.45, 2.75) is 121 Å². The van der Waals surface area contributed by atoms with Gasteiger partial charge in [0, 0.05) is 17.6 Å². The molecule has 220 valence electrons. The highest BCUT2D eigenvalue weighted by atomic mass is 28.3. The summed E-state index contributed by atoms with van der Waals surface area (Å²) in [6, 6.07) is 1.53. The smallest absolute Gasteiger partial charge is 0.376 e. The number of hydrogen-bond donors (Lipinski definition) is 4. The molecule has 3 saturated heterocycles. The monoisotopic (exact) mass is 573 g/mol. The van der Waals surface area contributed by atoms with Crippen LogP contribution in [0.4, 0.5) is 13.2 Å². The van der Waals surface area contributed by atoms with E-state index in [-0.39, 0.29) is 17.9 Å². The van der Waals surface area contributed by atoms with Gasteiger partial charge in [-0.15, -0.1) is 0 Å². The van der Waals surface area contributed by atoms with E-state index in [4.69, 9.17) is 0 Å². The molecule has 39 heavy (non-hydrogen) atoms. The first-order valence-corrected chi connectivity index (χ1v) is 16.5. The maximum absolute atomic E-state index is 13.8. The quantitative estimate of drug-likeness (QED) is 0.273. The average Bonchev–Trinajstić information content (AvgIpc) is 3.43. The minimum Gasteiger partial charge on any atom is -0.376 e. The maximum Gasteiger partial charge on any atom is 0.471 e. The van der Waals surface area contributed by atoms with Crippen molar-refractivity contribution in [2.24, 2.45) is 11.3 Å². The van der Waals surface area contributed by atoms with Crippen LogP contribution in [0, 0.1) is 22.7 Å². The summed E-state index contributed by atoms with van der Waals surface area (Å²) in [5.74, 6) is -3.39. The van der Waals surface area contributed by atoms with Crippen LogP contribution in [-0.2, 0) is 14.4 Å². The fourth-order valence-corrected chi connectivity index (χ4v) is 11.8. The first-order valence-electron chi connectivity index (χ1n) is 13.7. The van der Waals surface area contributed by atoms with Gasteiger partial charge in [-0.25, -0.2) is 0 Å². The molecule has 0 aliphatic carbocycles. The highest BCUT2D eigenvalue weighted by molar-refractivity contribution is 6.81. The number of amides is 3. The van der Waals surface area contributed by atoms with E-state index in [2.05, 4.69) is 16.7 Å². The van der Waals surface area contributed by atoms with E-state index in [0.29, 0.717) is 18.6 Å². The summed E-state index contributed by atoms with van der Waals surface area (Å²) in [6.07, 6.45) is -2.51. The summed E-state index contributed by atoms with van der Waals surface area (Å²) in [4.78, 5) is 39.6.